The summed E-state index contributed by atoms with van der Waals surface area (Å²) in [5.74, 6) is -0.212. The van der Waals surface area contributed by atoms with Gasteiger partial charge >= 0.3 is 0 Å². The number of rotatable bonds is 10. The van der Waals surface area contributed by atoms with Crippen LogP contribution in [-0.4, -0.2) is 68.2 Å². The normalized spacial score (nSPS) is 15.6. The van der Waals surface area contributed by atoms with Gasteiger partial charge in [-0.2, -0.15) is 0 Å². The van der Waals surface area contributed by atoms with E-state index in [2.05, 4.69) is 42.6 Å². The molecule has 0 radical (unpaired) electrons. The van der Waals surface area contributed by atoms with E-state index in [1.807, 2.05) is 11.8 Å². The molecule has 1 aromatic carbocycles. The smallest absolute Gasteiger partial charge is 0.249 e. The summed E-state index contributed by atoms with van der Waals surface area (Å²) in [6, 6.07) is 10.4. The molecule has 0 bridgehead atoms. The molecule has 0 spiro atoms. The van der Waals surface area contributed by atoms with Gasteiger partial charge in [0.05, 0.1) is 12.6 Å². The molecule has 31 heavy (non-hydrogen) atoms. The molecule has 1 unspecified atom stereocenters. The number of aryl methyl sites for hydroxylation is 1. The minimum Gasteiger partial charge on any atom is -0.382 e. The Labute approximate surface area is 188 Å². The maximum atomic E-state index is 13.5. The topological polar surface area (TPSA) is 59.1 Å². The molecule has 0 N–H and O–H groups in total. The van der Waals surface area contributed by atoms with Gasteiger partial charge in [-0.15, -0.1) is 11.3 Å². The summed E-state index contributed by atoms with van der Waals surface area (Å²) in [5, 5.41) is 2.10. The van der Waals surface area contributed by atoms with E-state index in [0.717, 1.165) is 12.0 Å². The number of thiophene rings is 1. The molecule has 0 saturated carbocycles. The van der Waals surface area contributed by atoms with Crippen LogP contribution in [0.15, 0.2) is 35.7 Å². The van der Waals surface area contributed by atoms with Gasteiger partial charge in [0.1, 0.15) is 6.61 Å². The van der Waals surface area contributed by atoms with Crippen molar-refractivity contribution in [3.8, 4) is 0 Å². The Morgan fingerprint density at radius 2 is 2.00 bits per heavy atom. The van der Waals surface area contributed by atoms with Crippen LogP contribution in [0.2, 0.25) is 0 Å². The largest absolute Gasteiger partial charge is 0.382 e. The molecular weight excluding hydrogens is 412 g/mol. The lowest BCUT2D eigenvalue weighted by molar-refractivity contribution is -0.143. The molecule has 1 aliphatic rings. The highest BCUT2D eigenvalue weighted by atomic mass is 32.1. The lowest BCUT2D eigenvalue weighted by atomic mass is 9.92. The van der Waals surface area contributed by atoms with E-state index in [9.17, 15) is 9.59 Å². The molecule has 0 saturated heterocycles. The van der Waals surface area contributed by atoms with E-state index < -0.39 is 0 Å². The van der Waals surface area contributed by atoms with Crippen LogP contribution in [0.3, 0.4) is 0 Å². The number of amides is 2. The van der Waals surface area contributed by atoms with Gasteiger partial charge in [0.25, 0.3) is 0 Å². The van der Waals surface area contributed by atoms with Crippen LogP contribution >= 0.6 is 11.3 Å². The van der Waals surface area contributed by atoms with Crippen molar-refractivity contribution in [3.63, 3.8) is 0 Å². The monoisotopic (exact) mass is 444 g/mol. The van der Waals surface area contributed by atoms with Crippen LogP contribution < -0.4 is 0 Å². The first-order chi connectivity index (χ1) is 15.0. The van der Waals surface area contributed by atoms with Crippen molar-refractivity contribution in [2.75, 3.05) is 46.6 Å². The number of ether oxygens (including phenoxy) is 2. The van der Waals surface area contributed by atoms with Crippen LogP contribution in [-0.2, 0) is 25.5 Å². The molecule has 1 atom stereocenters. The van der Waals surface area contributed by atoms with Gasteiger partial charge in [-0.25, -0.2) is 0 Å². The number of carbonyl (C=O) groups is 2. The maximum absolute atomic E-state index is 13.5. The van der Waals surface area contributed by atoms with E-state index in [4.69, 9.17) is 9.47 Å². The molecule has 7 heteroatoms. The molecule has 2 aromatic rings. The standard InChI is InChI=1S/C24H32N2O4S/c1-4-30-14-5-12-25(23(28)17-29-3)16-22(27)26-13-10-21-20(11-15-31-21)24(26)19-8-6-18(2)7-9-19/h6-9,11,15,24H,4-5,10,12-14,16-17H2,1-3H3. The minimum atomic E-state index is -0.174. The molecule has 1 aromatic heterocycles. The lowest BCUT2D eigenvalue weighted by Crippen LogP contribution is -2.47. The summed E-state index contributed by atoms with van der Waals surface area (Å²) in [5.41, 5.74) is 3.48. The van der Waals surface area contributed by atoms with Crippen LogP contribution in [0.1, 0.15) is 41.0 Å². The van der Waals surface area contributed by atoms with Gasteiger partial charge in [-0.3, -0.25) is 9.59 Å². The average molecular weight is 445 g/mol. The fourth-order valence-electron chi connectivity index (χ4n) is 3.96. The third kappa shape index (κ3) is 5.93. The first-order valence-corrected chi connectivity index (χ1v) is 11.7. The summed E-state index contributed by atoms with van der Waals surface area (Å²) in [6.45, 7) is 6.35. The van der Waals surface area contributed by atoms with Crippen molar-refractivity contribution < 1.29 is 19.1 Å². The second-order valence-corrected chi connectivity index (χ2v) is 8.75. The molecular formula is C24H32N2O4S. The Morgan fingerprint density at radius 1 is 1.23 bits per heavy atom. The van der Waals surface area contributed by atoms with E-state index in [1.54, 1.807) is 16.2 Å². The maximum Gasteiger partial charge on any atom is 0.249 e. The molecule has 6 nitrogen and oxygen atoms in total. The second kappa shape index (κ2) is 11.4. The number of hydrogen-bond donors (Lipinski definition) is 0. The van der Waals surface area contributed by atoms with Gasteiger partial charge in [-0.05, 0) is 49.3 Å². The van der Waals surface area contributed by atoms with Gasteiger partial charge in [0.2, 0.25) is 11.8 Å². The van der Waals surface area contributed by atoms with Gasteiger partial charge < -0.3 is 19.3 Å². The lowest BCUT2D eigenvalue weighted by Gasteiger charge is -2.37. The van der Waals surface area contributed by atoms with Gasteiger partial charge in [-0.1, -0.05) is 29.8 Å². The van der Waals surface area contributed by atoms with E-state index >= 15 is 0 Å². The number of hydrogen-bond acceptors (Lipinski definition) is 5. The van der Waals surface area contributed by atoms with Crippen LogP contribution in [0, 0.1) is 6.92 Å². The van der Waals surface area contributed by atoms with Gasteiger partial charge in [0.15, 0.2) is 0 Å². The van der Waals surface area contributed by atoms with Crippen LogP contribution in [0.25, 0.3) is 0 Å². The van der Waals surface area contributed by atoms with Crippen molar-refractivity contribution in [2.24, 2.45) is 0 Å². The molecule has 0 aliphatic carbocycles. The van der Waals surface area contributed by atoms with Crippen LogP contribution in [0.5, 0.6) is 0 Å². The zero-order chi connectivity index (χ0) is 22.2. The minimum absolute atomic E-state index is 0.0298. The van der Waals surface area contributed by atoms with E-state index in [0.29, 0.717) is 32.7 Å². The quantitative estimate of drug-likeness (QED) is 0.527. The first kappa shape index (κ1) is 23.4. The number of fused-ring (bicyclic) bond motifs is 1. The Morgan fingerprint density at radius 3 is 2.71 bits per heavy atom. The van der Waals surface area contributed by atoms with Crippen LogP contribution in [0.4, 0.5) is 0 Å². The highest BCUT2D eigenvalue weighted by molar-refractivity contribution is 7.10. The fourth-order valence-corrected chi connectivity index (χ4v) is 4.86. The summed E-state index contributed by atoms with van der Waals surface area (Å²) < 4.78 is 10.4. The summed E-state index contributed by atoms with van der Waals surface area (Å²) in [4.78, 5) is 30.9. The molecule has 0 fully saturated rings. The Kier molecular flexibility index (Phi) is 8.63. The third-order valence-corrected chi connectivity index (χ3v) is 6.54. The van der Waals surface area contributed by atoms with Crippen molar-refractivity contribution in [3.05, 3.63) is 57.3 Å². The predicted octanol–water partition coefficient (Wildman–Crippen LogP) is 3.43. The molecule has 1 aliphatic heterocycles. The first-order valence-electron chi connectivity index (χ1n) is 10.8. The van der Waals surface area contributed by atoms with Crippen molar-refractivity contribution >= 4 is 23.2 Å². The molecule has 2 heterocycles. The van der Waals surface area contributed by atoms with Crippen molar-refractivity contribution in [1.29, 1.82) is 0 Å². The number of nitrogens with zero attached hydrogens (tertiary/aromatic N) is 2. The average Bonchev–Trinajstić information content (AvgIpc) is 3.25. The van der Waals surface area contributed by atoms with E-state index in [1.165, 1.54) is 23.1 Å². The number of benzene rings is 1. The SMILES string of the molecule is CCOCCCN(CC(=O)N1CCc2sccc2C1c1ccc(C)cc1)C(=O)COC. The predicted molar refractivity (Wildman–Crippen MR) is 122 cm³/mol. The summed E-state index contributed by atoms with van der Waals surface area (Å²) in [7, 11) is 1.49. The number of carbonyl (C=O) groups excluding carboxylic acids is 2. The molecule has 3 rings (SSSR count). The Bertz CT molecular complexity index is 865. The number of methoxy groups -OCH3 is 1. The summed E-state index contributed by atoms with van der Waals surface area (Å²) in [6.07, 6.45) is 1.53. The zero-order valence-corrected chi connectivity index (χ0v) is 19.5. The zero-order valence-electron chi connectivity index (χ0n) is 18.6. The second-order valence-electron chi connectivity index (χ2n) is 7.75. The van der Waals surface area contributed by atoms with Gasteiger partial charge in [0, 0.05) is 38.3 Å². The molecule has 168 valence electrons. The van der Waals surface area contributed by atoms with E-state index in [-0.39, 0.29) is 31.0 Å². The molecule has 2 amide bonds. The Hall–Kier alpha value is -2.22. The Balaban J connectivity index is 1.79. The fraction of sp³-hybridized carbons (Fsp3) is 0.500. The summed E-state index contributed by atoms with van der Waals surface area (Å²) >= 11 is 1.75. The highest BCUT2D eigenvalue weighted by Crippen LogP contribution is 2.37. The van der Waals surface area contributed by atoms with Crippen molar-refractivity contribution in [2.45, 2.75) is 32.7 Å². The highest BCUT2D eigenvalue weighted by Gasteiger charge is 2.33. The van der Waals surface area contributed by atoms with Crippen molar-refractivity contribution in [1.82, 2.24) is 9.80 Å². The third-order valence-electron chi connectivity index (χ3n) is 5.55.